The highest BCUT2D eigenvalue weighted by molar-refractivity contribution is 6.02. The number of para-hydroxylation sites is 1. The van der Waals surface area contributed by atoms with Crippen molar-refractivity contribution in [1.82, 2.24) is 0 Å². The molecule has 0 unspecified atom stereocenters. The molecule has 6 nitrogen and oxygen atoms in total. The molecule has 0 aromatic heterocycles. The standard InChI is InChI=1S/C20H24N2O4/c1-24-15-26-18-12-10-17(11-13-18)22(25-2)20(23)21-14-6-5-8-16-7-3-4-9-19(16)21/h3-4,7,9-13H,5-6,8,14-15H2,1-2H3. The third kappa shape index (κ3) is 3.98. The van der Waals surface area contributed by atoms with Gasteiger partial charge in [-0.1, -0.05) is 18.2 Å². The van der Waals surface area contributed by atoms with Crippen LogP contribution in [-0.4, -0.2) is 33.6 Å². The minimum Gasteiger partial charge on any atom is -0.468 e. The van der Waals surface area contributed by atoms with E-state index in [1.165, 1.54) is 17.7 Å². The molecule has 2 amide bonds. The second-order valence-corrected chi connectivity index (χ2v) is 6.04. The molecule has 0 saturated heterocycles. The molecule has 0 bridgehead atoms. The van der Waals surface area contributed by atoms with Gasteiger partial charge in [0, 0.05) is 19.3 Å². The van der Waals surface area contributed by atoms with Crippen LogP contribution in [0.2, 0.25) is 0 Å². The van der Waals surface area contributed by atoms with Crippen molar-refractivity contribution in [2.45, 2.75) is 19.3 Å². The predicted octanol–water partition coefficient (Wildman–Crippen LogP) is 4.00. The van der Waals surface area contributed by atoms with Crippen molar-refractivity contribution in [3.05, 3.63) is 54.1 Å². The third-order valence-electron chi connectivity index (χ3n) is 4.36. The number of ether oxygens (including phenoxy) is 2. The quantitative estimate of drug-likeness (QED) is 0.600. The van der Waals surface area contributed by atoms with Gasteiger partial charge in [-0.3, -0.25) is 9.74 Å². The zero-order valence-electron chi connectivity index (χ0n) is 15.2. The average molecular weight is 356 g/mol. The number of urea groups is 1. The van der Waals surface area contributed by atoms with E-state index in [4.69, 9.17) is 14.3 Å². The van der Waals surface area contributed by atoms with Crippen LogP contribution in [0, 0.1) is 0 Å². The lowest BCUT2D eigenvalue weighted by Gasteiger charge is -2.29. The monoisotopic (exact) mass is 356 g/mol. The zero-order valence-corrected chi connectivity index (χ0v) is 15.2. The maximum atomic E-state index is 13.2. The lowest BCUT2D eigenvalue weighted by molar-refractivity contribution is 0.0511. The summed E-state index contributed by atoms with van der Waals surface area (Å²) in [7, 11) is 3.07. The first kappa shape index (κ1) is 18.2. The van der Waals surface area contributed by atoms with E-state index in [0.29, 0.717) is 18.0 Å². The van der Waals surface area contributed by atoms with Crippen LogP contribution in [0.1, 0.15) is 18.4 Å². The van der Waals surface area contributed by atoms with Crippen molar-refractivity contribution in [3.8, 4) is 5.75 Å². The van der Waals surface area contributed by atoms with E-state index < -0.39 is 0 Å². The van der Waals surface area contributed by atoms with Crippen LogP contribution in [0.3, 0.4) is 0 Å². The van der Waals surface area contributed by atoms with Gasteiger partial charge in [0.25, 0.3) is 0 Å². The van der Waals surface area contributed by atoms with Crippen molar-refractivity contribution < 1.29 is 19.1 Å². The van der Waals surface area contributed by atoms with Gasteiger partial charge in [0.15, 0.2) is 6.79 Å². The van der Waals surface area contributed by atoms with Crippen molar-refractivity contribution in [2.75, 3.05) is 37.5 Å². The minimum atomic E-state index is -0.201. The fraction of sp³-hybridized carbons (Fsp3) is 0.350. The first-order valence-electron chi connectivity index (χ1n) is 8.70. The number of hydrogen-bond acceptors (Lipinski definition) is 4. The van der Waals surface area contributed by atoms with Gasteiger partial charge in [-0.15, -0.1) is 0 Å². The fourth-order valence-corrected chi connectivity index (χ4v) is 3.10. The molecule has 0 atom stereocenters. The summed E-state index contributed by atoms with van der Waals surface area (Å²) in [5, 5.41) is 1.31. The van der Waals surface area contributed by atoms with Crippen LogP contribution >= 0.6 is 0 Å². The van der Waals surface area contributed by atoms with Crippen molar-refractivity contribution >= 4 is 17.4 Å². The predicted molar refractivity (Wildman–Crippen MR) is 101 cm³/mol. The molecule has 0 saturated carbocycles. The molecule has 0 spiro atoms. The maximum absolute atomic E-state index is 13.2. The summed E-state index contributed by atoms with van der Waals surface area (Å²) in [6.45, 7) is 0.849. The van der Waals surface area contributed by atoms with E-state index in [1.54, 1.807) is 36.3 Å². The Hall–Kier alpha value is -2.57. The molecular formula is C20H24N2O4. The van der Waals surface area contributed by atoms with Crippen molar-refractivity contribution in [1.29, 1.82) is 0 Å². The number of fused-ring (bicyclic) bond motifs is 1. The van der Waals surface area contributed by atoms with E-state index in [9.17, 15) is 4.79 Å². The molecule has 138 valence electrons. The zero-order chi connectivity index (χ0) is 18.4. The Kier molecular flexibility index (Phi) is 6.09. The molecule has 2 aromatic rings. The van der Waals surface area contributed by atoms with Gasteiger partial charge in [0.05, 0.1) is 12.8 Å². The number of nitrogens with zero attached hydrogens (tertiary/aromatic N) is 2. The minimum absolute atomic E-state index is 0.177. The smallest absolute Gasteiger partial charge is 0.353 e. The van der Waals surface area contributed by atoms with Crippen LogP contribution in [0.5, 0.6) is 5.75 Å². The summed E-state index contributed by atoms with van der Waals surface area (Å²) in [6.07, 6.45) is 3.01. The molecule has 2 aromatic carbocycles. The van der Waals surface area contributed by atoms with Gasteiger partial charge < -0.3 is 9.47 Å². The molecule has 3 rings (SSSR count). The second-order valence-electron chi connectivity index (χ2n) is 6.04. The molecule has 0 fully saturated rings. The summed E-state index contributed by atoms with van der Waals surface area (Å²) >= 11 is 0. The molecule has 1 aliphatic heterocycles. The topological polar surface area (TPSA) is 51.2 Å². The second kappa shape index (κ2) is 8.69. The third-order valence-corrected chi connectivity index (χ3v) is 4.36. The largest absolute Gasteiger partial charge is 0.468 e. The Morgan fingerprint density at radius 1 is 1.08 bits per heavy atom. The highest BCUT2D eigenvalue weighted by Gasteiger charge is 2.27. The summed E-state index contributed by atoms with van der Waals surface area (Å²) in [5.41, 5.74) is 2.79. The number of aryl methyl sites for hydroxylation is 1. The number of anilines is 2. The van der Waals surface area contributed by atoms with Gasteiger partial charge in [-0.05, 0) is 55.2 Å². The summed E-state index contributed by atoms with van der Waals surface area (Å²) in [6, 6.07) is 15.0. The van der Waals surface area contributed by atoms with Gasteiger partial charge in [0.2, 0.25) is 0 Å². The van der Waals surface area contributed by atoms with E-state index in [2.05, 4.69) is 6.07 Å². The molecule has 6 heteroatoms. The van der Waals surface area contributed by atoms with E-state index in [-0.39, 0.29) is 12.8 Å². The first-order valence-corrected chi connectivity index (χ1v) is 8.70. The molecular weight excluding hydrogens is 332 g/mol. The van der Waals surface area contributed by atoms with E-state index in [0.717, 1.165) is 24.9 Å². The van der Waals surface area contributed by atoms with E-state index >= 15 is 0 Å². The molecule has 0 aliphatic carbocycles. The Morgan fingerprint density at radius 3 is 2.58 bits per heavy atom. The van der Waals surface area contributed by atoms with Crippen LogP contribution in [0.25, 0.3) is 0 Å². The van der Waals surface area contributed by atoms with Crippen LogP contribution in [0.4, 0.5) is 16.2 Å². The van der Waals surface area contributed by atoms with Crippen molar-refractivity contribution in [3.63, 3.8) is 0 Å². The molecule has 26 heavy (non-hydrogen) atoms. The fourth-order valence-electron chi connectivity index (χ4n) is 3.10. The lowest BCUT2D eigenvalue weighted by atomic mass is 10.1. The lowest BCUT2D eigenvalue weighted by Crippen LogP contribution is -2.43. The van der Waals surface area contributed by atoms with Crippen molar-refractivity contribution in [2.24, 2.45) is 0 Å². The number of benzene rings is 2. The number of amides is 2. The number of methoxy groups -OCH3 is 1. The maximum Gasteiger partial charge on any atom is 0.353 e. The number of carbonyl (C=O) groups is 1. The van der Waals surface area contributed by atoms with Crippen LogP contribution in [-0.2, 0) is 16.0 Å². The van der Waals surface area contributed by atoms with Gasteiger partial charge in [-0.25, -0.2) is 4.79 Å². The Bertz CT molecular complexity index is 733. The Labute approximate surface area is 153 Å². The Morgan fingerprint density at radius 2 is 1.85 bits per heavy atom. The SMILES string of the molecule is COCOc1ccc(N(OC)C(=O)N2CCCCc3ccccc32)cc1. The molecule has 1 aliphatic rings. The van der Waals surface area contributed by atoms with E-state index in [1.807, 2.05) is 18.2 Å². The highest BCUT2D eigenvalue weighted by atomic mass is 16.7. The average Bonchev–Trinajstić information content (AvgIpc) is 2.90. The normalized spacial score (nSPS) is 13.7. The van der Waals surface area contributed by atoms with Gasteiger partial charge in [0.1, 0.15) is 5.75 Å². The summed E-state index contributed by atoms with van der Waals surface area (Å²) < 4.78 is 10.3. The Balaban J connectivity index is 1.83. The highest BCUT2D eigenvalue weighted by Crippen LogP contribution is 2.29. The van der Waals surface area contributed by atoms with Gasteiger partial charge >= 0.3 is 6.03 Å². The van der Waals surface area contributed by atoms with Crippen LogP contribution in [0.15, 0.2) is 48.5 Å². The molecule has 1 heterocycles. The molecule has 0 N–H and O–H groups in total. The number of hydrogen-bond donors (Lipinski definition) is 0. The first-order chi connectivity index (χ1) is 12.7. The number of hydroxylamine groups is 1. The number of carbonyl (C=O) groups excluding carboxylic acids is 1. The van der Waals surface area contributed by atoms with Crippen LogP contribution < -0.4 is 14.7 Å². The van der Waals surface area contributed by atoms with Gasteiger partial charge in [-0.2, -0.15) is 5.06 Å². The molecule has 0 radical (unpaired) electrons. The summed E-state index contributed by atoms with van der Waals surface area (Å²) in [4.78, 5) is 20.4. The number of rotatable bonds is 5. The summed E-state index contributed by atoms with van der Waals surface area (Å²) in [5.74, 6) is 0.666.